The normalized spacial score (nSPS) is 12.0. The summed E-state index contributed by atoms with van der Waals surface area (Å²) in [5.41, 5.74) is 5.05. The summed E-state index contributed by atoms with van der Waals surface area (Å²) in [5.74, 6) is -0.703. The predicted molar refractivity (Wildman–Crippen MR) is 70.9 cm³/mol. The van der Waals surface area contributed by atoms with Crippen molar-refractivity contribution in [2.45, 2.75) is 11.4 Å². The molecule has 0 spiro atoms. The highest BCUT2D eigenvalue weighted by Gasteiger charge is 2.27. The first-order chi connectivity index (χ1) is 9.32. The molecule has 0 saturated carbocycles. The van der Waals surface area contributed by atoms with Crippen molar-refractivity contribution in [2.24, 2.45) is 0 Å². The second-order valence-electron chi connectivity index (χ2n) is 4.00. The van der Waals surface area contributed by atoms with Crippen LogP contribution in [0.5, 0.6) is 0 Å². The summed E-state index contributed by atoms with van der Waals surface area (Å²) in [6, 6.07) is 2.16. The van der Waals surface area contributed by atoms with E-state index in [1.165, 1.54) is 13.4 Å². The number of aromatic amines is 1. The standard InChI is InChI=1S/C10H11ClFN5O2S/c1-17(4-9-14-5-15-16-9)20(18,19)8-3-6(11)2-7(13)10(8)12/h2-3,5H,4,13H2,1H3,(H,14,15,16). The van der Waals surface area contributed by atoms with Gasteiger partial charge in [-0.3, -0.25) is 5.10 Å². The molecule has 0 fully saturated rings. The lowest BCUT2D eigenvalue weighted by Gasteiger charge is -2.17. The Bertz CT molecular complexity index is 719. The third-order valence-corrected chi connectivity index (χ3v) is 4.58. The molecule has 2 aromatic rings. The Balaban J connectivity index is 2.40. The van der Waals surface area contributed by atoms with Gasteiger partial charge in [0.05, 0.1) is 12.2 Å². The van der Waals surface area contributed by atoms with Crippen molar-refractivity contribution in [2.75, 3.05) is 12.8 Å². The van der Waals surface area contributed by atoms with Gasteiger partial charge < -0.3 is 5.73 Å². The van der Waals surface area contributed by atoms with Crippen LogP contribution in [0.3, 0.4) is 0 Å². The summed E-state index contributed by atoms with van der Waals surface area (Å²) in [6.07, 6.45) is 1.24. The van der Waals surface area contributed by atoms with Gasteiger partial charge in [0.25, 0.3) is 0 Å². The summed E-state index contributed by atoms with van der Waals surface area (Å²) < 4.78 is 39.4. The molecular weight excluding hydrogens is 309 g/mol. The number of anilines is 1. The fraction of sp³-hybridized carbons (Fsp3) is 0.200. The summed E-state index contributed by atoms with van der Waals surface area (Å²) in [4.78, 5) is 3.22. The first kappa shape index (κ1) is 14.7. The Hall–Kier alpha value is -1.71. The summed E-state index contributed by atoms with van der Waals surface area (Å²) in [7, 11) is -2.80. The van der Waals surface area contributed by atoms with E-state index in [4.69, 9.17) is 17.3 Å². The molecule has 0 aliphatic heterocycles. The van der Waals surface area contributed by atoms with Gasteiger partial charge in [-0.1, -0.05) is 11.6 Å². The highest BCUT2D eigenvalue weighted by atomic mass is 35.5. The smallest absolute Gasteiger partial charge is 0.246 e. The molecule has 0 atom stereocenters. The topological polar surface area (TPSA) is 105 Å². The number of nitrogens with one attached hydrogen (secondary N) is 1. The van der Waals surface area contributed by atoms with Crippen LogP contribution in [0.25, 0.3) is 0 Å². The van der Waals surface area contributed by atoms with Gasteiger partial charge in [-0.05, 0) is 12.1 Å². The van der Waals surface area contributed by atoms with Gasteiger partial charge in [0, 0.05) is 12.1 Å². The van der Waals surface area contributed by atoms with Gasteiger partial charge in [0.1, 0.15) is 17.0 Å². The van der Waals surface area contributed by atoms with Gasteiger partial charge in [-0.2, -0.15) is 9.40 Å². The van der Waals surface area contributed by atoms with Crippen molar-refractivity contribution < 1.29 is 12.8 Å². The molecule has 0 saturated heterocycles. The first-order valence-electron chi connectivity index (χ1n) is 5.37. The summed E-state index contributed by atoms with van der Waals surface area (Å²) in [5, 5.41) is 6.16. The van der Waals surface area contributed by atoms with E-state index in [1.54, 1.807) is 0 Å². The number of benzene rings is 1. The SMILES string of the molecule is CN(Cc1ncn[nH]1)S(=O)(=O)c1cc(Cl)cc(N)c1F. The van der Waals surface area contributed by atoms with E-state index in [-0.39, 0.29) is 17.3 Å². The van der Waals surface area contributed by atoms with Crippen LogP contribution in [-0.4, -0.2) is 35.0 Å². The molecule has 0 radical (unpaired) electrons. The molecule has 0 aliphatic rings. The van der Waals surface area contributed by atoms with Crippen molar-refractivity contribution in [3.8, 4) is 0 Å². The molecule has 20 heavy (non-hydrogen) atoms. The number of sulfonamides is 1. The molecule has 7 nitrogen and oxygen atoms in total. The van der Waals surface area contributed by atoms with Crippen LogP contribution in [-0.2, 0) is 16.6 Å². The maximum absolute atomic E-state index is 13.9. The number of rotatable bonds is 4. The fourth-order valence-electron chi connectivity index (χ4n) is 1.54. The summed E-state index contributed by atoms with van der Waals surface area (Å²) >= 11 is 5.72. The molecule has 0 unspecified atom stereocenters. The minimum absolute atomic E-state index is 0.0375. The number of hydrogen-bond donors (Lipinski definition) is 2. The number of H-pyrrole nitrogens is 1. The zero-order chi connectivity index (χ0) is 14.9. The third kappa shape index (κ3) is 2.74. The maximum atomic E-state index is 13.9. The molecule has 108 valence electrons. The van der Waals surface area contributed by atoms with Crippen LogP contribution in [0.4, 0.5) is 10.1 Å². The number of nitrogen functional groups attached to an aromatic ring is 1. The molecule has 3 N–H and O–H groups in total. The van der Waals surface area contributed by atoms with Crippen LogP contribution in [0.15, 0.2) is 23.4 Å². The number of aromatic nitrogens is 3. The van der Waals surface area contributed by atoms with E-state index < -0.39 is 20.7 Å². The molecule has 1 aromatic heterocycles. The zero-order valence-electron chi connectivity index (χ0n) is 10.3. The fourth-order valence-corrected chi connectivity index (χ4v) is 3.08. The van der Waals surface area contributed by atoms with E-state index in [2.05, 4.69) is 15.2 Å². The second-order valence-corrected chi connectivity index (χ2v) is 6.45. The van der Waals surface area contributed by atoms with Crippen LogP contribution in [0.2, 0.25) is 5.02 Å². The van der Waals surface area contributed by atoms with E-state index in [0.717, 1.165) is 16.4 Å². The van der Waals surface area contributed by atoms with Gasteiger partial charge in [-0.25, -0.2) is 17.8 Å². The Morgan fingerprint density at radius 3 is 2.80 bits per heavy atom. The lowest BCUT2D eigenvalue weighted by atomic mass is 10.3. The lowest BCUT2D eigenvalue weighted by Crippen LogP contribution is -2.28. The van der Waals surface area contributed by atoms with Gasteiger partial charge in [-0.15, -0.1) is 0 Å². The zero-order valence-corrected chi connectivity index (χ0v) is 11.9. The molecule has 1 heterocycles. The van der Waals surface area contributed by atoms with Gasteiger partial charge in [0.2, 0.25) is 10.0 Å². The Kier molecular flexibility index (Phi) is 3.93. The Morgan fingerprint density at radius 1 is 1.50 bits per heavy atom. The van der Waals surface area contributed by atoms with E-state index >= 15 is 0 Å². The number of hydrogen-bond acceptors (Lipinski definition) is 5. The van der Waals surface area contributed by atoms with E-state index in [9.17, 15) is 12.8 Å². The minimum atomic E-state index is -4.08. The van der Waals surface area contributed by atoms with Crippen molar-refractivity contribution in [1.82, 2.24) is 19.5 Å². The predicted octanol–water partition coefficient (Wildman–Crippen LogP) is 1.00. The average molecular weight is 320 g/mol. The quantitative estimate of drug-likeness (QED) is 0.818. The number of nitrogens with zero attached hydrogens (tertiary/aromatic N) is 3. The molecule has 1 aromatic carbocycles. The van der Waals surface area contributed by atoms with Gasteiger partial charge >= 0.3 is 0 Å². The molecule has 0 amide bonds. The van der Waals surface area contributed by atoms with E-state index in [0.29, 0.717) is 5.82 Å². The second kappa shape index (κ2) is 5.35. The number of halogens is 2. The summed E-state index contributed by atoms with van der Waals surface area (Å²) in [6.45, 7) is -0.0891. The minimum Gasteiger partial charge on any atom is -0.396 e. The number of nitrogens with two attached hydrogens (primary N) is 1. The van der Waals surface area contributed by atoms with Gasteiger partial charge in [0.15, 0.2) is 5.82 Å². The van der Waals surface area contributed by atoms with Crippen molar-refractivity contribution in [3.05, 3.63) is 35.1 Å². The Morgan fingerprint density at radius 2 is 2.20 bits per heavy atom. The first-order valence-corrected chi connectivity index (χ1v) is 7.19. The highest BCUT2D eigenvalue weighted by Crippen LogP contribution is 2.27. The van der Waals surface area contributed by atoms with E-state index in [1.807, 2.05) is 0 Å². The van der Waals surface area contributed by atoms with Crippen molar-refractivity contribution in [3.63, 3.8) is 0 Å². The van der Waals surface area contributed by atoms with Crippen LogP contribution >= 0.6 is 11.6 Å². The Labute approximate surface area is 119 Å². The van der Waals surface area contributed by atoms with Crippen LogP contribution in [0, 0.1) is 5.82 Å². The van der Waals surface area contributed by atoms with Crippen LogP contribution in [0.1, 0.15) is 5.82 Å². The van der Waals surface area contributed by atoms with Crippen molar-refractivity contribution >= 4 is 27.3 Å². The van der Waals surface area contributed by atoms with Crippen molar-refractivity contribution in [1.29, 1.82) is 0 Å². The molecule has 10 heteroatoms. The molecule has 0 aliphatic carbocycles. The maximum Gasteiger partial charge on any atom is 0.246 e. The third-order valence-electron chi connectivity index (χ3n) is 2.56. The molecule has 2 rings (SSSR count). The molecule has 0 bridgehead atoms. The largest absolute Gasteiger partial charge is 0.396 e. The highest BCUT2D eigenvalue weighted by molar-refractivity contribution is 7.89. The average Bonchev–Trinajstić information content (AvgIpc) is 2.86. The van der Waals surface area contributed by atoms with Crippen LogP contribution < -0.4 is 5.73 Å². The molecular formula is C10H11ClFN5O2S. The lowest BCUT2D eigenvalue weighted by molar-refractivity contribution is 0.451. The monoisotopic (exact) mass is 319 g/mol.